The van der Waals surface area contributed by atoms with Crippen molar-refractivity contribution in [2.45, 2.75) is 37.9 Å². The molecule has 0 spiro atoms. The van der Waals surface area contributed by atoms with Gasteiger partial charge in [-0.05, 0) is 43.0 Å². The Balaban J connectivity index is 1.96. The number of carbonyl (C=O) groups is 1. The van der Waals surface area contributed by atoms with Crippen molar-refractivity contribution in [2.24, 2.45) is 5.92 Å². The Morgan fingerprint density at radius 1 is 1.29 bits per heavy atom. The summed E-state index contributed by atoms with van der Waals surface area (Å²) in [6, 6.07) is 6.63. The Morgan fingerprint density at radius 2 is 1.95 bits per heavy atom. The highest BCUT2D eigenvalue weighted by atomic mass is 32.2. The summed E-state index contributed by atoms with van der Waals surface area (Å²) in [5.74, 6) is -0.522. The van der Waals surface area contributed by atoms with E-state index in [9.17, 15) is 13.2 Å². The van der Waals surface area contributed by atoms with E-state index in [1.807, 2.05) is 0 Å². The van der Waals surface area contributed by atoms with Crippen molar-refractivity contribution in [2.75, 3.05) is 16.8 Å². The number of nitrogens with two attached hydrogens (primary N) is 1. The molecule has 21 heavy (non-hydrogen) atoms. The van der Waals surface area contributed by atoms with Gasteiger partial charge in [0.25, 0.3) is 0 Å². The van der Waals surface area contributed by atoms with E-state index in [0.717, 1.165) is 12.8 Å². The number of hydrogen-bond donors (Lipinski definition) is 2. The third kappa shape index (κ3) is 4.46. The summed E-state index contributed by atoms with van der Waals surface area (Å²) < 4.78 is 24.6. The smallest absolute Gasteiger partial charge is 0.239 e. The average molecular weight is 310 g/mol. The maximum Gasteiger partial charge on any atom is 0.239 e. The first kappa shape index (κ1) is 15.8. The first-order valence-electron chi connectivity index (χ1n) is 7.24. The van der Waals surface area contributed by atoms with Gasteiger partial charge >= 0.3 is 0 Å². The average Bonchev–Trinajstić information content (AvgIpc) is 2.41. The van der Waals surface area contributed by atoms with Gasteiger partial charge in [0, 0.05) is 11.4 Å². The van der Waals surface area contributed by atoms with Gasteiger partial charge in [0.2, 0.25) is 5.91 Å². The van der Waals surface area contributed by atoms with Crippen LogP contribution >= 0.6 is 0 Å². The second-order valence-electron chi connectivity index (χ2n) is 5.87. The predicted octanol–water partition coefficient (Wildman–Crippen LogP) is 2.20. The molecule has 1 aliphatic rings. The standard InChI is InChI=1S/C15H22N2O3S/c1-11-3-2-4-14(9-11)21(19,20)10-15(18)17-13-7-5-12(16)6-8-13/h5-8,11,14H,2-4,9-10,16H2,1H3,(H,17,18). The molecule has 0 radical (unpaired) electrons. The molecule has 1 aliphatic carbocycles. The molecule has 116 valence electrons. The number of nitrogen functional groups attached to an aromatic ring is 1. The topological polar surface area (TPSA) is 89.3 Å². The molecule has 1 amide bonds. The maximum atomic E-state index is 12.3. The molecule has 0 saturated heterocycles. The largest absolute Gasteiger partial charge is 0.399 e. The van der Waals surface area contributed by atoms with Crippen molar-refractivity contribution in [3.05, 3.63) is 24.3 Å². The van der Waals surface area contributed by atoms with Gasteiger partial charge in [0.1, 0.15) is 5.75 Å². The lowest BCUT2D eigenvalue weighted by molar-refractivity contribution is -0.113. The number of rotatable bonds is 4. The van der Waals surface area contributed by atoms with E-state index >= 15 is 0 Å². The number of amides is 1. The summed E-state index contributed by atoms with van der Waals surface area (Å²) in [6.07, 6.45) is 3.33. The summed E-state index contributed by atoms with van der Waals surface area (Å²) in [5, 5.41) is 2.23. The second-order valence-corrected chi connectivity index (χ2v) is 8.15. The lowest BCUT2D eigenvalue weighted by Crippen LogP contribution is -2.34. The highest BCUT2D eigenvalue weighted by molar-refractivity contribution is 7.92. The quantitative estimate of drug-likeness (QED) is 0.834. The highest BCUT2D eigenvalue weighted by Crippen LogP contribution is 2.28. The van der Waals surface area contributed by atoms with E-state index in [2.05, 4.69) is 12.2 Å². The van der Waals surface area contributed by atoms with Crippen LogP contribution in [-0.2, 0) is 14.6 Å². The van der Waals surface area contributed by atoms with Crippen molar-refractivity contribution in [3.63, 3.8) is 0 Å². The minimum Gasteiger partial charge on any atom is -0.399 e. The number of benzene rings is 1. The highest BCUT2D eigenvalue weighted by Gasteiger charge is 2.31. The molecule has 1 aromatic carbocycles. The fourth-order valence-corrected chi connectivity index (χ4v) is 4.59. The van der Waals surface area contributed by atoms with Crippen LogP contribution in [0.15, 0.2) is 24.3 Å². The number of anilines is 2. The predicted molar refractivity (Wildman–Crippen MR) is 84.7 cm³/mol. The monoisotopic (exact) mass is 310 g/mol. The maximum absolute atomic E-state index is 12.3. The summed E-state index contributed by atoms with van der Waals surface area (Å²) in [4.78, 5) is 11.9. The molecule has 5 nitrogen and oxygen atoms in total. The summed E-state index contributed by atoms with van der Waals surface area (Å²) in [6.45, 7) is 2.07. The molecule has 2 rings (SSSR count). The molecule has 0 heterocycles. The van der Waals surface area contributed by atoms with Gasteiger partial charge in [0.05, 0.1) is 5.25 Å². The van der Waals surface area contributed by atoms with Crippen molar-refractivity contribution in [1.82, 2.24) is 0 Å². The van der Waals surface area contributed by atoms with Crippen LogP contribution in [0.2, 0.25) is 0 Å². The van der Waals surface area contributed by atoms with E-state index in [1.165, 1.54) is 0 Å². The zero-order valence-electron chi connectivity index (χ0n) is 12.2. The third-order valence-electron chi connectivity index (χ3n) is 3.92. The molecule has 3 N–H and O–H groups in total. The van der Waals surface area contributed by atoms with Crippen LogP contribution in [0.5, 0.6) is 0 Å². The van der Waals surface area contributed by atoms with E-state index in [1.54, 1.807) is 24.3 Å². The van der Waals surface area contributed by atoms with Gasteiger partial charge in [0.15, 0.2) is 9.84 Å². The SMILES string of the molecule is CC1CCCC(S(=O)(=O)CC(=O)Nc2ccc(N)cc2)C1. The van der Waals surface area contributed by atoms with Crippen molar-refractivity contribution >= 4 is 27.1 Å². The Kier molecular flexibility index (Phi) is 4.88. The molecule has 2 atom stereocenters. The third-order valence-corrected chi connectivity index (χ3v) is 6.03. The minimum atomic E-state index is -3.38. The number of sulfone groups is 1. The van der Waals surface area contributed by atoms with Crippen LogP contribution in [0.3, 0.4) is 0 Å². The molecule has 1 aromatic rings. The zero-order valence-corrected chi connectivity index (χ0v) is 13.0. The molecule has 0 aliphatic heterocycles. The number of carbonyl (C=O) groups excluding carboxylic acids is 1. The Hall–Kier alpha value is -1.56. The zero-order chi connectivity index (χ0) is 15.5. The van der Waals surface area contributed by atoms with E-state index in [-0.39, 0.29) is 5.25 Å². The van der Waals surface area contributed by atoms with Crippen LogP contribution < -0.4 is 11.1 Å². The summed E-state index contributed by atoms with van der Waals surface area (Å²) in [5.41, 5.74) is 6.71. The van der Waals surface area contributed by atoms with Crippen LogP contribution in [0.25, 0.3) is 0 Å². The van der Waals surface area contributed by atoms with Crippen molar-refractivity contribution in [1.29, 1.82) is 0 Å². The molecule has 0 aromatic heterocycles. The van der Waals surface area contributed by atoms with Crippen LogP contribution in [-0.4, -0.2) is 25.3 Å². The lowest BCUT2D eigenvalue weighted by Gasteiger charge is -2.26. The molecular weight excluding hydrogens is 288 g/mol. The van der Waals surface area contributed by atoms with E-state index in [0.29, 0.717) is 30.1 Å². The van der Waals surface area contributed by atoms with Crippen molar-refractivity contribution in [3.8, 4) is 0 Å². The van der Waals surface area contributed by atoms with Crippen LogP contribution in [0.4, 0.5) is 11.4 Å². The first-order chi connectivity index (χ1) is 9.87. The molecule has 2 unspecified atom stereocenters. The Labute approximate surface area is 125 Å². The van der Waals surface area contributed by atoms with E-state index < -0.39 is 21.5 Å². The molecule has 1 fully saturated rings. The van der Waals surface area contributed by atoms with Crippen molar-refractivity contribution < 1.29 is 13.2 Å². The van der Waals surface area contributed by atoms with Crippen LogP contribution in [0.1, 0.15) is 32.6 Å². The van der Waals surface area contributed by atoms with E-state index in [4.69, 9.17) is 5.73 Å². The van der Waals surface area contributed by atoms with Gasteiger partial charge in [-0.25, -0.2) is 8.42 Å². The number of nitrogens with one attached hydrogen (secondary N) is 1. The summed E-state index contributed by atoms with van der Waals surface area (Å²) >= 11 is 0. The molecular formula is C15H22N2O3S. The van der Waals surface area contributed by atoms with Gasteiger partial charge in [-0.15, -0.1) is 0 Å². The minimum absolute atomic E-state index is 0.376. The Morgan fingerprint density at radius 3 is 2.57 bits per heavy atom. The van der Waals surface area contributed by atoms with Gasteiger partial charge in [-0.3, -0.25) is 4.79 Å². The second kappa shape index (κ2) is 6.47. The fourth-order valence-electron chi connectivity index (χ4n) is 2.77. The first-order valence-corrected chi connectivity index (χ1v) is 8.95. The molecule has 1 saturated carbocycles. The van der Waals surface area contributed by atoms with Gasteiger partial charge < -0.3 is 11.1 Å². The lowest BCUT2D eigenvalue weighted by atomic mass is 9.91. The Bertz CT molecular complexity index is 596. The van der Waals surface area contributed by atoms with Gasteiger partial charge in [-0.2, -0.15) is 0 Å². The fraction of sp³-hybridized carbons (Fsp3) is 0.533. The normalized spacial score (nSPS) is 22.7. The summed E-state index contributed by atoms with van der Waals surface area (Å²) in [7, 11) is -3.38. The van der Waals surface area contributed by atoms with Crippen LogP contribution in [0, 0.1) is 5.92 Å². The molecule has 0 bridgehead atoms. The molecule has 6 heteroatoms. The number of hydrogen-bond acceptors (Lipinski definition) is 4. The van der Waals surface area contributed by atoms with Gasteiger partial charge in [-0.1, -0.05) is 19.8 Å².